The van der Waals surface area contributed by atoms with Gasteiger partial charge in [-0.1, -0.05) is 18.6 Å². The zero-order valence-electron chi connectivity index (χ0n) is 16.9. The van der Waals surface area contributed by atoms with Crippen molar-refractivity contribution in [2.24, 2.45) is 21.5 Å². The van der Waals surface area contributed by atoms with Crippen molar-refractivity contribution in [3.05, 3.63) is 42.5 Å². The van der Waals surface area contributed by atoms with Crippen LogP contribution in [0.2, 0.25) is 0 Å². The van der Waals surface area contributed by atoms with Gasteiger partial charge in [-0.15, -0.1) is 0 Å². The van der Waals surface area contributed by atoms with Crippen LogP contribution in [-0.4, -0.2) is 31.8 Å². The Kier molecular flexibility index (Phi) is 5.05. The van der Waals surface area contributed by atoms with Crippen LogP contribution in [0.4, 0.5) is 5.69 Å². The van der Waals surface area contributed by atoms with Crippen molar-refractivity contribution in [1.82, 2.24) is 0 Å². The second-order valence-electron chi connectivity index (χ2n) is 7.43. The van der Waals surface area contributed by atoms with Crippen molar-refractivity contribution in [2.45, 2.75) is 37.8 Å². The fraction of sp³-hybridized carbons (Fsp3) is 0.364. The van der Waals surface area contributed by atoms with Gasteiger partial charge >= 0.3 is 0 Å². The summed E-state index contributed by atoms with van der Waals surface area (Å²) in [6.07, 6.45) is 5.23. The number of rotatable bonds is 4. The van der Waals surface area contributed by atoms with Gasteiger partial charge in [0, 0.05) is 17.3 Å². The second kappa shape index (κ2) is 7.66. The topological polar surface area (TPSA) is 98.5 Å². The lowest BCUT2D eigenvalue weighted by Gasteiger charge is -2.45. The molecule has 0 saturated heterocycles. The molecule has 29 heavy (non-hydrogen) atoms. The van der Waals surface area contributed by atoms with Crippen LogP contribution in [0, 0.1) is 0 Å². The summed E-state index contributed by atoms with van der Waals surface area (Å²) in [6.45, 7) is 0. The molecule has 7 heteroatoms. The quantitative estimate of drug-likeness (QED) is 0.829. The van der Waals surface area contributed by atoms with Gasteiger partial charge in [-0.3, -0.25) is 4.90 Å². The summed E-state index contributed by atoms with van der Waals surface area (Å²) in [6, 6.07) is 14.0. The van der Waals surface area contributed by atoms with Crippen LogP contribution in [-0.2, 0) is 0 Å². The third kappa shape index (κ3) is 3.48. The first-order valence-electron chi connectivity index (χ1n) is 9.88. The van der Waals surface area contributed by atoms with Gasteiger partial charge in [-0.05, 0) is 55.5 Å². The summed E-state index contributed by atoms with van der Waals surface area (Å²) < 4.78 is 10.8. The monoisotopic (exact) mass is 393 g/mol. The van der Waals surface area contributed by atoms with Gasteiger partial charge in [0.25, 0.3) is 0 Å². The van der Waals surface area contributed by atoms with Crippen LogP contribution < -0.4 is 25.8 Å². The molecule has 4 rings (SSSR count). The predicted molar refractivity (Wildman–Crippen MR) is 117 cm³/mol. The highest BCUT2D eigenvalue weighted by Gasteiger charge is 2.42. The molecule has 1 aliphatic carbocycles. The van der Waals surface area contributed by atoms with E-state index >= 15 is 0 Å². The molecule has 4 N–H and O–H groups in total. The Labute approximate surface area is 171 Å². The molecule has 0 atom stereocenters. The van der Waals surface area contributed by atoms with E-state index in [2.05, 4.69) is 29.3 Å². The van der Waals surface area contributed by atoms with Gasteiger partial charge in [0.15, 0.2) is 0 Å². The zero-order chi connectivity index (χ0) is 20.4. The lowest BCUT2D eigenvalue weighted by atomic mass is 9.87. The highest BCUT2D eigenvalue weighted by atomic mass is 16.5. The third-order valence-electron chi connectivity index (χ3n) is 5.70. The Balaban J connectivity index is 1.69. The fourth-order valence-corrected chi connectivity index (χ4v) is 4.32. The van der Waals surface area contributed by atoms with E-state index in [1.807, 2.05) is 23.1 Å². The first kappa shape index (κ1) is 19.1. The zero-order valence-corrected chi connectivity index (χ0v) is 16.9. The van der Waals surface area contributed by atoms with Crippen molar-refractivity contribution >= 4 is 17.6 Å². The molecule has 1 fully saturated rings. The number of hydrogen-bond acceptors (Lipinski definition) is 7. The van der Waals surface area contributed by atoms with Crippen molar-refractivity contribution in [3.8, 4) is 22.6 Å². The average Bonchev–Trinajstić information content (AvgIpc) is 2.73. The van der Waals surface area contributed by atoms with Crippen LogP contribution in [0.5, 0.6) is 11.5 Å². The molecule has 0 amide bonds. The number of hydrogen-bond donors (Lipinski definition) is 2. The summed E-state index contributed by atoms with van der Waals surface area (Å²) in [4.78, 5) is 11.0. The lowest BCUT2D eigenvalue weighted by Crippen LogP contribution is -2.58. The van der Waals surface area contributed by atoms with Gasteiger partial charge in [-0.2, -0.15) is 4.99 Å². The minimum absolute atomic E-state index is 0.264. The maximum absolute atomic E-state index is 6.31. The number of methoxy groups -OCH3 is 2. The standard InChI is InChI=1S/C22H27N5O2/c1-28-17-10-11-18(19(14-17)29-2)15-6-8-16(9-7-15)27-21(24)25-20(23)26-22(27)12-4-3-5-13-22/h6-11,14H,3-5,12-13H2,1-2H3,(H4,23,24,25,26). The highest BCUT2D eigenvalue weighted by Crippen LogP contribution is 2.40. The maximum Gasteiger partial charge on any atom is 0.220 e. The minimum Gasteiger partial charge on any atom is -0.497 e. The van der Waals surface area contributed by atoms with E-state index < -0.39 is 5.66 Å². The van der Waals surface area contributed by atoms with E-state index in [4.69, 9.17) is 25.9 Å². The SMILES string of the molecule is COc1ccc(-c2ccc(N3C(N)=NC(N)=NC34CCCCC4)cc2)c(OC)c1. The molecule has 1 spiro atoms. The number of ether oxygens (including phenoxy) is 2. The Morgan fingerprint density at radius 2 is 1.66 bits per heavy atom. The van der Waals surface area contributed by atoms with Crippen molar-refractivity contribution in [3.63, 3.8) is 0 Å². The van der Waals surface area contributed by atoms with Gasteiger partial charge < -0.3 is 20.9 Å². The lowest BCUT2D eigenvalue weighted by molar-refractivity contribution is 0.305. The number of nitrogens with two attached hydrogens (primary N) is 2. The molecule has 2 aliphatic rings. The molecule has 7 nitrogen and oxygen atoms in total. The molecule has 0 unspecified atom stereocenters. The predicted octanol–water partition coefficient (Wildman–Crippen LogP) is 3.48. The van der Waals surface area contributed by atoms with Crippen LogP contribution >= 0.6 is 0 Å². The van der Waals surface area contributed by atoms with Gasteiger partial charge in [-0.25, -0.2) is 4.99 Å². The Hall–Kier alpha value is -3.22. The number of nitrogens with zero attached hydrogens (tertiary/aromatic N) is 3. The molecule has 152 valence electrons. The summed E-state index contributed by atoms with van der Waals surface area (Å²) in [7, 11) is 3.30. The fourth-order valence-electron chi connectivity index (χ4n) is 4.32. The first-order valence-corrected chi connectivity index (χ1v) is 9.88. The molecular formula is C22H27N5O2. The number of benzene rings is 2. The number of anilines is 1. The number of aliphatic imine (C=N–C) groups is 2. The first-order chi connectivity index (χ1) is 14.1. The minimum atomic E-state index is -0.437. The summed E-state index contributed by atoms with van der Waals surface area (Å²) in [5.74, 6) is 2.18. The van der Waals surface area contributed by atoms with E-state index in [-0.39, 0.29) is 5.96 Å². The van der Waals surface area contributed by atoms with Crippen LogP contribution in [0.1, 0.15) is 32.1 Å². The van der Waals surface area contributed by atoms with Gasteiger partial charge in [0.2, 0.25) is 11.9 Å². The largest absolute Gasteiger partial charge is 0.497 e. The molecule has 1 heterocycles. The van der Waals surface area contributed by atoms with E-state index in [0.717, 1.165) is 54.0 Å². The molecule has 1 aliphatic heterocycles. The smallest absolute Gasteiger partial charge is 0.220 e. The van der Waals surface area contributed by atoms with E-state index in [1.54, 1.807) is 14.2 Å². The summed E-state index contributed by atoms with van der Waals surface area (Å²) in [5, 5.41) is 0. The maximum atomic E-state index is 6.31. The van der Waals surface area contributed by atoms with Crippen LogP contribution in [0.25, 0.3) is 11.1 Å². The van der Waals surface area contributed by atoms with E-state index in [1.165, 1.54) is 6.42 Å². The number of guanidine groups is 2. The molecule has 0 bridgehead atoms. The molecule has 0 radical (unpaired) electrons. The summed E-state index contributed by atoms with van der Waals surface area (Å²) >= 11 is 0. The van der Waals surface area contributed by atoms with E-state index in [0.29, 0.717) is 5.96 Å². The van der Waals surface area contributed by atoms with Crippen molar-refractivity contribution < 1.29 is 9.47 Å². The highest BCUT2D eigenvalue weighted by molar-refractivity contribution is 6.05. The van der Waals surface area contributed by atoms with Crippen LogP contribution in [0.15, 0.2) is 52.4 Å². The normalized spacial score (nSPS) is 18.2. The average molecular weight is 393 g/mol. The van der Waals surface area contributed by atoms with Gasteiger partial charge in [0.05, 0.1) is 14.2 Å². The Bertz CT molecular complexity index is 946. The van der Waals surface area contributed by atoms with Crippen LogP contribution in [0.3, 0.4) is 0 Å². The molecule has 1 saturated carbocycles. The van der Waals surface area contributed by atoms with Crippen molar-refractivity contribution in [2.75, 3.05) is 19.1 Å². The molecule has 2 aromatic rings. The second-order valence-corrected chi connectivity index (χ2v) is 7.43. The third-order valence-corrected chi connectivity index (χ3v) is 5.70. The molecular weight excluding hydrogens is 366 g/mol. The van der Waals surface area contributed by atoms with E-state index in [9.17, 15) is 0 Å². The molecule has 0 aromatic heterocycles. The van der Waals surface area contributed by atoms with Crippen molar-refractivity contribution in [1.29, 1.82) is 0 Å². The molecule has 2 aromatic carbocycles. The Morgan fingerprint density at radius 3 is 2.31 bits per heavy atom. The summed E-state index contributed by atoms with van der Waals surface area (Å²) in [5.41, 5.74) is 14.8. The Morgan fingerprint density at radius 1 is 0.931 bits per heavy atom. The van der Waals surface area contributed by atoms with Gasteiger partial charge in [0.1, 0.15) is 17.2 Å².